The van der Waals surface area contributed by atoms with E-state index in [1.54, 1.807) is 24.3 Å². The molecule has 0 unspecified atom stereocenters. The zero-order chi connectivity index (χ0) is 38.1. The summed E-state index contributed by atoms with van der Waals surface area (Å²) in [5, 5.41) is 2.71. The first kappa shape index (κ1) is 43.5. The molecule has 1 saturated heterocycles. The second-order valence-electron chi connectivity index (χ2n) is 13.8. The third-order valence-electron chi connectivity index (χ3n) is 9.48. The molecule has 290 valence electrons. The first-order valence-corrected chi connectivity index (χ1v) is 20.6. The molecular formula is C43H60N2O7S. The molecule has 0 bridgehead atoms. The van der Waals surface area contributed by atoms with Crippen LogP contribution in [0.3, 0.4) is 0 Å². The number of hydrogen-bond acceptors (Lipinski definition) is 8. The Morgan fingerprint density at radius 3 is 2.08 bits per heavy atom. The van der Waals surface area contributed by atoms with Crippen LogP contribution in [-0.2, 0) is 36.9 Å². The molecule has 2 atom stereocenters. The Morgan fingerprint density at radius 1 is 0.830 bits per heavy atom. The molecule has 1 N–H and O–H groups in total. The fourth-order valence-electron chi connectivity index (χ4n) is 6.37. The van der Waals surface area contributed by atoms with Gasteiger partial charge in [-0.3, -0.25) is 19.3 Å². The van der Waals surface area contributed by atoms with Crippen molar-refractivity contribution in [3.63, 3.8) is 0 Å². The number of hydrogen-bond donors (Lipinski definition) is 1. The SMILES string of the molecule is C=CCOC(=O)[C@H](CSC(=O)CCCCCCCCCCCCCCC)NC(=O)[C@@H]1CCCN1C(=O)OCc1ccc(C(=O)Cc2ccccc2)cc1. The topological polar surface area (TPSA) is 119 Å². The maximum absolute atomic E-state index is 13.4. The van der Waals surface area contributed by atoms with Gasteiger partial charge in [0.2, 0.25) is 5.91 Å². The van der Waals surface area contributed by atoms with Crippen LogP contribution in [0, 0.1) is 0 Å². The quantitative estimate of drug-likeness (QED) is 0.0438. The number of nitrogens with one attached hydrogen (secondary N) is 1. The molecule has 1 aliphatic rings. The number of amides is 2. The van der Waals surface area contributed by atoms with Crippen LogP contribution in [0.5, 0.6) is 0 Å². The Hall–Kier alpha value is -3.92. The molecule has 0 aromatic heterocycles. The van der Waals surface area contributed by atoms with Crippen LogP contribution >= 0.6 is 11.8 Å². The number of likely N-dealkylation sites (tertiary alicyclic amines) is 1. The standard InChI is InChI=1S/C43H60N2O7S/c1-3-5-6-7-8-9-10-11-12-13-14-15-19-24-40(47)53-33-37(42(49)51-30-4-2)44-41(48)38-23-20-29-45(38)43(50)52-32-35-25-27-36(28-26-35)39(46)31-34-21-17-16-18-22-34/h4,16-18,21-22,25-28,37-38H,2-3,5-15,19-20,23-24,29-33H2,1H3,(H,44,48)/t37-,38-/m0/s1. The highest BCUT2D eigenvalue weighted by atomic mass is 32.2. The molecule has 53 heavy (non-hydrogen) atoms. The number of rotatable bonds is 26. The van der Waals surface area contributed by atoms with Gasteiger partial charge in [-0.15, -0.1) is 0 Å². The number of ketones is 1. The Bertz CT molecular complexity index is 1420. The van der Waals surface area contributed by atoms with Crippen molar-refractivity contribution in [2.24, 2.45) is 0 Å². The normalized spacial score (nSPS) is 14.4. The highest BCUT2D eigenvalue weighted by Gasteiger charge is 2.37. The highest BCUT2D eigenvalue weighted by molar-refractivity contribution is 8.13. The molecule has 2 aromatic carbocycles. The molecule has 3 rings (SSSR count). The average Bonchev–Trinajstić information content (AvgIpc) is 3.67. The Morgan fingerprint density at radius 2 is 1.45 bits per heavy atom. The minimum absolute atomic E-state index is 0.00470. The summed E-state index contributed by atoms with van der Waals surface area (Å²) in [5.41, 5.74) is 2.22. The van der Waals surface area contributed by atoms with Crippen molar-refractivity contribution in [1.29, 1.82) is 0 Å². The summed E-state index contributed by atoms with van der Waals surface area (Å²) in [6.07, 6.45) is 18.5. The highest BCUT2D eigenvalue weighted by Crippen LogP contribution is 2.21. The van der Waals surface area contributed by atoms with E-state index in [2.05, 4.69) is 18.8 Å². The Balaban J connectivity index is 1.38. The third-order valence-corrected chi connectivity index (χ3v) is 10.5. The smallest absolute Gasteiger partial charge is 0.410 e. The van der Waals surface area contributed by atoms with Crippen LogP contribution in [0.15, 0.2) is 67.3 Å². The zero-order valence-electron chi connectivity index (χ0n) is 31.7. The van der Waals surface area contributed by atoms with Crippen molar-refractivity contribution in [2.45, 2.75) is 135 Å². The van der Waals surface area contributed by atoms with E-state index in [1.165, 1.54) is 75.2 Å². The lowest BCUT2D eigenvalue weighted by atomic mass is 10.0. The average molecular weight is 749 g/mol. The lowest BCUT2D eigenvalue weighted by Crippen LogP contribution is -2.52. The minimum Gasteiger partial charge on any atom is -0.460 e. The minimum atomic E-state index is -1.05. The maximum Gasteiger partial charge on any atom is 0.410 e. The molecule has 1 aliphatic heterocycles. The van der Waals surface area contributed by atoms with Crippen LogP contribution in [0.1, 0.15) is 131 Å². The number of thioether (sulfide) groups is 1. The van der Waals surface area contributed by atoms with Crippen molar-refractivity contribution in [2.75, 3.05) is 18.9 Å². The van der Waals surface area contributed by atoms with Crippen LogP contribution in [0.25, 0.3) is 0 Å². The number of benzene rings is 2. The molecule has 0 spiro atoms. The molecule has 0 aliphatic carbocycles. The summed E-state index contributed by atoms with van der Waals surface area (Å²) in [4.78, 5) is 66.0. The van der Waals surface area contributed by atoms with E-state index < -0.39 is 30.1 Å². The van der Waals surface area contributed by atoms with Crippen LogP contribution in [0.2, 0.25) is 0 Å². The number of ether oxygens (including phenoxy) is 2. The van der Waals surface area contributed by atoms with E-state index in [9.17, 15) is 24.0 Å². The monoisotopic (exact) mass is 748 g/mol. The third kappa shape index (κ3) is 17.2. The van der Waals surface area contributed by atoms with Crippen molar-refractivity contribution in [1.82, 2.24) is 10.2 Å². The number of unbranched alkanes of at least 4 members (excludes halogenated alkanes) is 12. The largest absolute Gasteiger partial charge is 0.460 e. The molecule has 10 heteroatoms. The second kappa shape index (κ2) is 26.0. The van der Waals surface area contributed by atoms with Gasteiger partial charge in [-0.05, 0) is 30.4 Å². The van der Waals surface area contributed by atoms with Crippen molar-refractivity contribution >= 4 is 40.6 Å². The van der Waals surface area contributed by atoms with Gasteiger partial charge in [0.25, 0.3) is 0 Å². The molecular weight excluding hydrogens is 689 g/mol. The van der Waals surface area contributed by atoms with Gasteiger partial charge < -0.3 is 14.8 Å². The van der Waals surface area contributed by atoms with Gasteiger partial charge in [0.1, 0.15) is 25.3 Å². The zero-order valence-corrected chi connectivity index (χ0v) is 32.5. The van der Waals surface area contributed by atoms with Gasteiger partial charge in [-0.2, -0.15) is 0 Å². The van der Waals surface area contributed by atoms with Crippen molar-refractivity contribution in [3.05, 3.63) is 83.9 Å². The van der Waals surface area contributed by atoms with Crippen LogP contribution < -0.4 is 5.32 Å². The Labute approximate surface area is 321 Å². The summed E-state index contributed by atoms with van der Waals surface area (Å²) in [5.74, 6) is -1.11. The lowest BCUT2D eigenvalue weighted by Gasteiger charge is -2.25. The van der Waals surface area contributed by atoms with E-state index >= 15 is 0 Å². The van der Waals surface area contributed by atoms with Gasteiger partial charge in [-0.25, -0.2) is 9.59 Å². The van der Waals surface area contributed by atoms with E-state index in [-0.39, 0.29) is 29.9 Å². The molecule has 0 saturated carbocycles. The van der Waals surface area contributed by atoms with E-state index in [0.717, 1.165) is 36.6 Å². The maximum atomic E-state index is 13.4. The predicted octanol–water partition coefficient (Wildman–Crippen LogP) is 9.17. The fourth-order valence-corrected chi connectivity index (χ4v) is 7.23. The fraction of sp³-hybridized carbons (Fsp3) is 0.558. The summed E-state index contributed by atoms with van der Waals surface area (Å²) in [7, 11) is 0. The number of Topliss-reactive ketones (excluding diaryl/α,β-unsaturated/α-hetero) is 1. The van der Waals surface area contributed by atoms with Gasteiger partial charge in [-0.1, -0.05) is 163 Å². The number of carbonyl (C=O) groups is 5. The lowest BCUT2D eigenvalue weighted by molar-refractivity contribution is -0.146. The molecule has 2 amide bonds. The van der Waals surface area contributed by atoms with Crippen LogP contribution in [-0.4, -0.2) is 64.8 Å². The summed E-state index contributed by atoms with van der Waals surface area (Å²) >= 11 is 1.02. The van der Waals surface area contributed by atoms with E-state index in [1.807, 2.05) is 30.3 Å². The summed E-state index contributed by atoms with van der Waals surface area (Å²) in [6.45, 7) is 6.11. The molecule has 9 nitrogen and oxygen atoms in total. The van der Waals surface area contributed by atoms with Crippen molar-refractivity contribution in [3.8, 4) is 0 Å². The molecule has 1 fully saturated rings. The number of nitrogens with zero attached hydrogens (tertiary/aromatic N) is 1. The second-order valence-corrected chi connectivity index (χ2v) is 14.9. The molecule has 0 radical (unpaired) electrons. The van der Waals surface area contributed by atoms with Gasteiger partial charge in [0.15, 0.2) is 10.9 Å². The van der Waals surface area contributed by atoms with Gasteiger partial charge in [0.05, 0.1) is 0 Å². The molecule has 2 aromatic rings. The number of esters is 1. The van der Waals surface area contributed by atoms with Gasteiger partial charge in [0, 0.05) is 30.7 Å². The first-order chi connectivity index (χ1) is 25.8. The number of carbonyl (C=O) groups excluding carboxylic acids is 5. The van der Waals surface area contributed by atoms with E-state index in [0.29, 0.717) is 43.4 Å². The Kier molecular flexibility index (Phi) is 21.3. The summed E-state index contributed by atoms with van der Waals surface area (Å²) < 4.78 is 10.8. The van der Waals surface area contributed by atoms with Gasteiger partial charge >= 0.3 is 12.1 Å². The van der Waals surface area contributed by atoms with E-state index in [4.69, 9.17) is 9.47 Å². The summed E-state index contributed by atoms with van der Waals surface area (Å²) in [6, 6.07) is 14.6. The predicted molar refractivity (Wildman–Crippen MR) is 212 cm³/mol. The molecule has 1 heterocycles. The van der Waals surface area contributed by atoms with Crippen molar-refractivity contribution < 1.29 is 33.4 Å². The first-order valence-electron chi connectivity index (χ1n) is 19.6. The van der Waals surface area contributed by atoms with Crippen LogP contribution in [0.4, 0.5) is 4.79 Å².